The first kappa shape index (κ1) is 8.88. The molecule has 3 nitrogen and oxygen atoms in total. The van der Waals surface area contributed by atoms with E-state index in [0.717, 1.165) is 19.6 Å². The van der Waals surface area contributed by atoms with Crippen LogP contribution in [0.5, 0.6) is 0 Å². The van der Waals surface area contributed by atoms with E-state index < -0.39 is 0 Å². The molecule has 9 heavy (non-hydrogen) atoms. The van der Waals surface area contributed by atoms with Crippen LogP contribution >= 0.6 is 0 Å². The number of hydrogen-bond donors (Lipinski definition) is 1. The highest BCUT2D eigenvalue weighted by Crippen LogP contribution is 1.78. The van der Waals surface area contributed by atoms with E-state index in [-0.39, 0.29) is 0 Å². The summed E-state index contributed by atoms with van der Waals surface area (Å²) >= 11 is 0. The van der Waals surface area contributed by atoms with Crippen molar-refractivity contribution in [3.63, 3.8) is 0 Å². The molecule has 0 aromatic rings. The fraction of sp³-hybridized carbons (Fsp3) is 1.00. The Balaban J connectivity index is 2.60. The third kappa shape index (κ3) is 7.88. The highest BCUT2D eigenvalue weighted by atomic mass is 16.5. The first-order valence-corrected chi connectivity index (χ1v) is 3.27. The topological polar surface area (TPSA) is 46.1 Å². The first-order valence-electron chi connectivity index (χ1n) is 3.27. The predicted molar refractivity (Wildman–Crippen MR) is 35.1 cm³/mol. The van der Waals surface area contributed by atoms with E-state index in [4.69, 9.17) is 9.47 Å². The summed E-state index contributed by atoms with van der Waals surface area (Å²) in [6, 6.07) is 0. The molecule has 0 radical (unpaired) electrons. The van der Waals surface area contributed by atoms with Gasteiger partial charge in [-0.15, -0.1) is 0 Å². The molecule has 56 valence electrons. The highest BCUT2D eigenvalue weighted by molar-refractivity contribution is 4.30. The largest absolute Gasteiger partial charge is 0.382 e. The zero-order valence-electron chi connectivity index (χ0n) is 6.06. The second-order valence-corrected chi connectivity index (χ2v) is 1.81. The van der Waals surface area contributed by atoms with Crippen molar-refractivity contribution in [1.29, 1.82) is 0 Å². The molecule has 0 aliphatic carbocycles. The van der Waals surface area contributed by atoms with Gasteiger partial charge >= 0.3 is 0 Å². The summed E-state index contributed by atoms with van der Waals surface area (Å²) < 4.78 is 9.93. The van der Waals surface area contributed by atoms with Gasteiger partial charge in [-0.1, -0.05) is 0 Å². The van der Waals surface area contributed by atoms with Gasteiger partial charge in [0.2, 0.25) is 0 Å². The van der Waals surface area contributed by atoms with Gasteiger partial charge in [0.25, 0.3) is 0 Å². The van der Waals surface area contributed by atoms with Crippen molar-refractivity contribution >= 4 is 0 Å². The van der Waals surface area contributed by atoms with Crippen LogP contribution in [-0.2, 0) is 9.47 Å². The van der Waals surface area contributed by atoms with Gasteiger partial charge in [-0.25, -0.2) is 0 Å². The number of methoxy groups -OCH3 is 1. The Morgan fingerprint density at radius 1 is 1.22 bits per heavy atom. The summed E-state index contributed by atoms with van der Waals surface area (Å²) in [4.78, 5) is 0. The molecule has 3 heteroatoms. The maximum absolute atomic E-state index is 5.15. The molecular weight excluding hydrogens is 118 g/mol. The minimum absolute atomic E-state index is 0.692. The van der Waals surface area contributed by atoms with Gasteiger partial charge in [0, 0.05) is 13.5 Å². The maximum atomic E-state index is 5.15. The fourth-order valence-electron chi connectivity index (χ4n) is 0.448. The van der Waals surface area contributed by atoms with Crippen LogP contribution in [0.15, 0.2) is 0 Å². The van der Waals surface area contributed by atoms with Crippen molar-refractivity contribution < 1.29 is 15.2 Å². The van der Waals surface area contributed by atoms with Crippen molar-refractivity contribution in [3.8, 4) is 0 Å². The molecular formula is C6H16NO2+. The number of rotatable bonds is 6. The molecule has 0 aromatic carbocycles. The van der Waals surface area contributed by atoms with Crippen LogP contribution in [0.1, 0.15) is 6.42 Å². The van der Waals surface area contributed by atoms with Crippen molar-refractivity contribution in [3.05, 3.63) is 0 Å². The minimum atomic E-state index is 0.692. The van der Waals surface area contributed by atoms with Gasteiger partial charge in [-0.05, 0) is 0 Å². The normalized spacial score (nSPS) is 10.0. The number of ether oxygens (including phenoxy) is 2. The molecule has 3 N–H and O–H groups in total. The van der Waals surface area contributed by atoms with Crippen LogP contribution in [0, 0.1) is 0 Å². The Labute approximate surface area is 56.1 Å². The van der Waals surface area contributed by atoms with E-state index in [1.807, 2.05) is 0 Å². The molecule has 0 saturated heterocycles. The average molecular weight is 134 g/mol. The number of quaternary nitrogens is 1. The van der Waals surface area contributed by atoms with Gasteiger partial charge in [-0.2, -0.15) is 0 Å². The fourth-order valence-corrected chi connectivity index (χ4v) is 0.448. The van der Waals surface area contributed by atoms with Crippen molar-refractivity contribution in [2.45, 2.75) is 6.42 Å². The predicted octanol–water partition coefficient (Wildman–Crippen LogP) is -0.719. The van der Waals surface area contributed by atoms with E-state index in [0.29, 0.717) is 13.2 Å². The van der Waals surface area contributed by atoms with Crippen LogP contribution in [-0.4, -0.2) is 33.5 Å². The van der Waals surface area contributed by atoms with Gasteiger partial charge < -0.3 is 15.2 Å². The summed E-state index contributed by atoms with van der Waals surface area (Å²) in [6.07, 6.45) is 1.05. The van der Waals surface area contributed by atoms with Crippen LogP contribution in [0.4, 0.5) is 0 Å². The SMILES string of the molecule is COCCOCCC[NH3+]. The molecule has 0 spiro atoms. The second kappa shape index (κ2) is 7.88. The summed E-state index contributed by atoms with van der Waals surface area (Å²) in [6.45, 7) is 3.16. The van der Waals surface area contributed by atoms with Crippen LogP contribution in [0.2, 0.25) is 0 Å². The maximum Gasteiger partial charge on any atom is 0.0762 e. The van der Waals surface area contributed by atoms with Gasteiger partial charge in [0.15, 0.2) is 0 Å². The summed E-state index contributed by atoms with van der Waals surface area (Å²) in [5.41, 5.74) is 3.69. The molecule has 0 aliphatic heterocycles. The van der Waals surface area contributed by atoms with E-state index in [1.54, 1.807) is 7.11 Å². The zero-order valence-corrected chi connectivity index (χ0v) is 6.06. The van der Waals surface area contributed by atoms with E-state index in [2.05, 4.69) is 5.73 Å². The van der Waals surface area contributed by atoms with Crippen LogP contribution in [0.3, 0.4) is 0 Å². The Hall–Kier alpha value is -0.120. The van der Waals surface area contributed by atoms with Gasteiger partial charge in [0.05, 0.1) is 26.4 Å². The highest BCUT2D eigenvalue weighted by Gasteiger charge is 1.85. The third-order valence-corrected chi connectivity index (χ3v) is 0.970. The first-order chi connectivity index (χ1) is 4.41. The molecule has 0 heterocycles. The summed E-state index contributed by atoms with van der Waals surface area (Å²) in [7, 11) is 1.67. The van der Waals surface area contributed by atoms with Crippen molar-refractivity contribution in [2.75, 3.05) is 33.5 Å². The van der Waals surface area contributed by atoms with Crippen molar-refractivity contribution in [1.82, 2.24) is 0 Å². The summed E-state index contributed by atoms with van der Waals surface area (Å²) in [5.74, 6) is 0. The lowest BCUT2D eigenvalue weighted by Crippen LogP contribution is -2.50. The van der Waals surface area contributed by atoms with E-state index >= 15 is 0 Å². The molecule has 0 aromatic heterocycles. The lowest BCUT2D eigenvalue weighted by Gasteiger charge is -1.99. The van der Waals surface area contributed by atoms with Crippen LogP contribution < -0.4 is 5.73 Å². The Morgan fingerprint density at radius 3 is 2.56 bits per heavy atom. The molecule has 0 saturated carbocycles. The minimum Gasteiger partial charge on any atom is -0.382 e. The zero-order chi connectivity index (χ0) is 6.95. The quantitative estimate of drug-likeness (QED) is 0.487. The smallest absolute Gasteiger partial charge is 0.0762 e. The molecule has 0 bridgehead atoms. The van der Waals surface area contributed by atoms with Gasteiger partial charge in [-0.3, -0.25) is 0 Å². The Morgan fingerprint density at radius 2 is 2.00 bits per heavy atom. The summed E-state index contributed by atoms with van der Waals surface area (Å²) in [5, 5.41) is 0. The van der Waals surface area contributed by atoms with Gasteiger partial charge in [0.1, 0.15) is 0 Å². The molecule has 0 fully saturated rings. The lowest BCUT2D eigenvalue weighted by molar-refractivity contribution is -0.369. The second-order valence-electron chi connectivity index (χ2n) is 1.81. The molecule has 0 unspecified atom stereocenters. The lowest BCUT2D eigenvalue weighted by atomic mass is 10.5. The Bertz CT molecular complexity index is 44.3. The van der Waals surface area contributed by atoms with E-state index in [1.165, 1.54) is 0 Å². The molecule has 0 amide bonds. The average Bonchev–Trinajstić information content (AvgIpc) is 1.89. The molecule has 0 aliphatic rings. The number of hydrogen-bond acceptors (Lipinski definition) is 2. The molecule has 0 atom stereocenters. The van der Waals surface area contributed by atoms with Crippen molar-refractivity contribution in [2.24, 2.45) is 0 Å². The van der Waals surface area contributed by atoms with E-state index in [9.17, 15) is 0 Å². The monoisotopic (exact) mass is 134 g/mol. The Kier molecular flexibility index (Phi) is 7.77. The third-order valence-electron chi connectivity index (χ3n) is 0.970. The van der Waals surface area contributed by atoms with Crippen LogP contribution in [0.25, 0.3) is 0 Å². The standard InChI is InChI=1S/C6H15NO2/c1-8-5-6-9-4-2-3-7/h2-7H2,1H3/p+1. The molecule has 0 rings (SSSR count).